The van der Waals surface area contributed by atoms with E-state index >= 15 is 0 Å². The van der Waals surface area contributed by atoms with Crippen LogP contribution in [0.3, 0.4) is 0 Å². The van der Waals surface area contributed by atoms with Crippen molar-refractivity contribution in [1.82, 2.24) is 9.97 Å². The van der Waals surface area contributed by atoms with Crippen LogP contribution < -0.4 is 10.2 Å². The molecule has 1 radical (unpaired) electrons. The summed E-state index contributed by atoms with van der Waals surface area (Å²) in [7, 11) is 4.12. The quantitative estimate of drug-likeness (QED) is 0.391. The number of rotatable bonds is 8. The Morgan fingerprint density at radius 3 is 2.60 bits per heavy atom. The Balaban J connectivity index is 0.00000272. The zero-order valence-corrected chi connectivity index (χ0v) is 21.5. The van der Waals surface area contributed by atoms with Crippen molar-refractivity contribution < 1.29 is 37.8 Å². The number of nitrogens with one attached hydrogen (secondary N) is 1. The number of anilines is 2. The van der Waals surface area contributed by atoms with E-state index < -0.39 is 0 Å². The zero-order valence-electron chi connectivity index (χ0n) is 18.6. The number of allylic oxidation sites excluding steroid dienone is 5. The van der Waals surface area contributed by atoms with E-state index in [1.54, 1.807) is 11.1 Å². The molecule has 0 amide bonds. The first-order valence-corrected chi connectivity index (χ1v) is 9.84. The molecule has 0 bridgehead atoms. The van der Waals surface area contributed by atoms with Crippen molar-refractivity contribution in [2.75, 3.05) is 16.8 Å². The maximum Gasteiger partial charge on any atom is 0.229 e. The van der Waals surface area contributed by atoms with E-state index in [2.05, 4.69) is 28.4 Å². The van der Waals surface area contributed by atoms with Crippen LogP contribution in [0.4, 0.5) is 11.8 Å². The number of aliphatic hydroxyl groups is 1. The monoisotopic (exact) mass is 481 g/mol. The summed E-state index contributed by atoms with van der Waals surface area (Å²) in [6.45, 7) is 9.73. The molecule has 0 saturated heterocycles. The maximum absolute atomic E-state index is 9.90. The Kier molecular flexibility index (Phi) is 15.0. The van der Waals surface area contributed by atoms with E-state index in [9.17, 15) is 5.11 Å². The van der Waals surface area contributed by atoms with Crippen molar-refractivity contribution in [2.24, 2.45) is 0 Å². The minimum atomic E-state index is -0.346. The van der Waals surface area contributed by atoms with Crippen LogP contribution in [0.5, 0.6) is 0 Å². The molecule has 2 aromatic rings. The van der Waals surface area contributed by atoms with Crippen LogP contribution in [-0.4, -0.2) is 21.7 Å². The molecule has 1 aromatic carbocycles. The van der Waals surface area contributed by atoms with Gasteiger partial charge in [-0.1, -0.05) is 32.1 Å². The Labute approximate surface area is 206 Å². The fourth-order valence-electron chi connectivity index (χ4n) is 2.56. The second kappa shape index (κ2) is 15.9. The molecule has 30 heavy (non-hydrogen) atoms. The normalized spacial score (nSPS) is 12.2. The van der Waals surface area contributed by atoms with Crippen LogP contribution in [0.25, 0.3) is 0 Å². The zero-order chi connectivity index (χ0) is 21.6. The van der Waals surface area contributed by atoms with Crippen LogP contribution in [0.2, 0.25) is 0 Å². The molecule has 1 heterocycles. The van der Waals surface area contributed by atoms with Gasteiger partial charge in [-0.15, -0.1) is 5.56 Å². The maximum atomic E-state index is 9.90. The molecule has 0 fully saturated rings. The fraction of sp³-hybridized carbons (Fsp3) is 0.292. The Morgan fingerprint density at radius 1 is 1.30 bits per heavy atom. The van der Waals surface area contributed by atoms with Crippen LogP contribution in [0.1, 0.15) is 44.9 Å². The number of aryl methyl sites for hydroxylation is 1. The topological polar surface area (TPSA) is 61.3 Å². The second-order valence-corrected chi connectivity index (χ2v) is 5.96. The van der Waals surface area contributed by atoms with Crippen molar-refractivity contribution in [3.63, 3.8) is 0 Å². The van der Waals surface area contributed by atoms with Crippen molar-refractivity contribution in [3.05, 3.63) is 90.8 Å². The third-order valence-corrected chi connectivity index (χ3v) is 3.93. The standard InChI is InChI=1S/C22H26N4O.C2H6.Y/c1-5-7-14-19(11-6-2)24-22-23-15-17(3)21(25-22)26(4)20(16-27)18-12-9-8-10-13-18;1-2;/h5-12,14-15,20,27H,4,16H2,1-3H3,(H,23,24,25);1-2H3;/q-2;;/b7-5-,11-6-,19-14+;;. The molecule has 0 saturated carbocycles. The minimum Gasteiger partial charge on any atom is -0.503 e. The van der Waals surface area contributed by atoms with Crippen molar-refractivity contribution in [2.45, 2.75) is 40.7 Å². The predicted octanol–water partition coefficient (Wildman–Crippen LogP) is 5.39. The van der Waals surface area contributed by atoms with Gasteiger partial charge in [-0.2, -0.15) is 35.3 Å². The van der Waals surface area contributed by atoms with Gasteiger partial charge in [0.15, 0.2) is 0 Å². The van der Waals surface area contributed by atoms with Gasteiger partial charge in [-0.3, -0.25) is 7.05 Å². The molecular weight excluding hydrogens is 449 g/mol. The predicted molar refractivity (Wildman–Crippen MR) is 122 cm³/mol. The van der Waals surface area contributed by atoms with Crippen molar-refractivity contribution >= 4 is 11.8 Å². The third kappa shape index (κ3) is 8.51. The molecule has 2 N–H and O–H groups in total. The molecule has 2 rings (SSSR count). The molecule has 159 valence electrons. The minimum absolute atomic E-state index is 0. The Hall–Kier alpha value is -1.82. The first kappa shape index (κ1) is 28.2. The fourth-order valence-corrected chi connectivity index (χ4v) is 2.56. The van der Waals surface area contributed by atoms with E-state index in [4.69, 9.17) is 0 Å². The molecule has 1 atom stereocenters. The summed E-state index contributed by atoms with van der Waals surface area (Å²) in [4.78, 5) is 10.7. The number of aliphatic hydroxyl groups excluding tert-OH is 1. The van der Waals surface area contributed by atoms with E-state index in [1.807, 2.05) is 89.3 Å². The Bertz CT molecular complexity index is 819. The summed E-state index contributed by atoms with van der Waals surface area (Å²) < 4.78 is 0. The van der Waals surface area contributed by atoms with Crippen LogP contribution in [0.15, 0.2) is 66.5 Å². The molecule has 5 nitrogen and oxygen atoms in total. The third-order valence-electron chi connectivity index (χ3n) is 3.93. The van der Waals surface area contributed by atoms with Crippen molar-refractivity contribution in [1.29, 1.82) is 0 Å². The van der Waals surface area contributed by atoms with Gasteiger partial charge in [-0.25, -0.2) is 4.98 Å². The largest absolute Gasteiger partial charge is 0.503 e. The molecule has 0 aliphatic rings. The van der Waals surface area contributed by atoms with E-state index in [0.717, 1.165) is 16.8 Å². The number of hydrogen-bond acceptors (Lipinski definition) is 5. The van der Waals surface area contributed by atoms with Gasteiger partial charge >= 0.3 is 0 Å². The molecule has 1 aromatic heterocycles. The second-order valence-electron chi connectivity index (χ2n) is 5.96. The van der Waals surface area contributed by atoms with Crippen LogP contribution >= 0.6 is 0 Å². The summed E-state index contributed by atoms with van der Waals surface area (Å²) in [6, 6.07) is 10.3. The van der Waals surface area contributed by atoms with E-state index in [1.165, 1.54) is 0 Å². The average molecular weight is 481 g/mol. The van der Waals surface area contributed by atoms with Crippen molar-refractivity contribution in [3.8, 4) is 0 Å². The van der Waals surface area contributed by atoms with Gasteiger partial charge in [0.05, 0.1) is 6.61 Å². The summed E-state index contributed by atoms with van der Waals surface area (Å²) >= 11 is 0. The summed E-state index contributed by atoms with van der Waals surface area (Å²) in [5, 5.41) is 13.1. The summed E-state index contributed by atoms with van der Waals surface area (Å²) in [6.07, 6.45) is 11.5. The first-order valence-electron chi connectivity index (χ1n) is 9.84. The number of aromatic nitrogens is 2. The molecule has 0 spiro atoms. The molecule has 6 heteroatoms. The van der Waals surface area contributed by atoms with Gasteiger partial charge in [0, 0.05) is 56.2 Å². The van der Waals surface area contributed by atoms with Crippen LogP contribution in [-0.2, 0) is 32.7 Å². The van der Waals surface area contributed by atoms with Gasteiger partial charge in [0.1, 0.15) is 5.82 Å². The number of nitrogens with zero attached hydrogens (tertiary/aromatic N) is 3. The van der Waals surface area contributed by atoms with Gasteiger partial charge in [0.2, 0.25) is 5.95 Å². The summed E-state index contributed by atoms with van der Waals surface area (Å²) in [5.74, 6) is 1.11. The smallest absolute Gasteiger partial charge is 0.229 e. The molecule has 1 unspecified atom stereocenters. The van der Waals surface area contributed by atoms with Gasteiger partial charge in [0.25, 0.3) is 0 Å². The summed E-state index contributed by atoms with van der Waals surface area (Å²) in [5.41, 5.74) is 2.59. The van der Waals surface area contributed by atoms with Gasteiger partial charge < -0.3 is 15.3 Å². The average Bonchev–Trinajstić information content (AvgIpc) is 2.76. The van der Waals surface area contributed by atoms with E-state index in [0.29, 0.717) is 11.8 Å². The number of hydrogen-bond donors (Lipinski definition) is 2. The molecule has 0 aliphatic carbocycles. The SMILES string of the molecule is CC.[CH2-]N(c1nc(NC(/C=C\C)=C/C=C\C)ncc1C)C(CO)c1[c-]cccc1.[Y]. The molecular formula is C24H32N4OY-2. The van der Waals surface area contributed by atoms with Gasteiger partial charge in [-0.05, 0) is 32.9 Å². The first-order chi connectivity index (χ1) is 14.1. The number of benzene rings is 1. The molecule has 0 aliphatic heterocycles. The van der Waals surface area contributed by atoms with E-state index in [-0.39, 0.29) is 45.4 Å². The Morgan fingerprint density at radius 2 is 2.03 bits per heavy atom. The van der Waals surface area contributed by atoms with Crippen LogP contribution in [0, 0.1) is 20.0 Å².